The molecule has 0 aliphatic heterocycles. The summed E-state index contributed by atoms with van der Waals surface area (Å²) in [6.07, 6.45) is 2.39. The Morgan fingerprint density at radius 3 is 2.42 bits per heavy atom. The van der Waals surface area contributed by atoms with Gasteiger partial charge in [0.2, 0.25) is 0 Å². The van der Waals surface area contributed by atoms with Gasteiger partial charge in [-0.2, -0.15) is 0 Å². The first-order chi connectivity index (χ1) is 11.2. The van der Waals surface area contributed by atoms with Crippen LogP contribution in [0.2, 0.25) is 0 Å². The highest BCUT2D eigenvalue weighted by atomic mass is 16.4. The lowest BCUT2D eigenvalue weighted by molar-refractivity contribution is 0.0696. The molecule has 4 heteroatoms. The summed E-state index contributed by atoms with van der Waals surface area (Å²) in [5.74, 6) is -0.182. The fraction of sp³-hybridized carbons (Fsp3) is 0.400. The number of aromatic nitrogens is 1. The summed E-state index contributed by atoms with van der Waals surface area (Å²) in [6, 6.07) is 9.92. The summed E-state index contributed by atoms with van der Waals surface area (Å²) < 4.78 is 0. The van der Waals surface area contributed by atoms with E-state index in [2.05, 4.69) is 62.7 Å². The van der Waals surface area contributed by atoms with E-state index < -0.39 is 5.97 Å². The highest BCUT2D eigenvalue weighted by Crippen LogP contribution is 2.32. The molecule has 0 fully saturated rings. The smallest absolute Gasteiger partial charge is 0.337 e. The molecule has 1 N–H and O–H groups in total. The summed E-state index contributed by atoms with van der Waals surface area (Å²) in [5, 5.41) is 9.05. The molecule has 0 bridgehead atoms. The van der Waals surface area contributed by atoms with Crippen LogP contribution >= 0.6 is 0 Å². The second-order valence-corrected chi connectivity index (χ2v) is 7.11. The summed E-state index contributed by atoms with van der Waals surface area (Å²) in [6.45, 7) is 11.6. The van der Waals surface area contributed by atoms with E-state index in [1.54, 1.807) is 12.1 Å². The number of aryl methyl sites for hydroxylation is 1. The van der Waals surface area contributed by atoms with Crippen LogP contribution in [-0.4, -0.2) is 22.6 Å². The Morgan fingerprint density at radius 2 is 1.92 bits per heavy atom. The number of carboxylic acids is 1. The fourth-order valence-corrected chi connectivity index (χ4v) is 2.62. The number of carbonyl (C=O) groups is 1. The van der Waals surface area contributed by atoms with Crippen LogP contribution in [0.5, 0.6) is 0 Å². The fourth-order valence-electron chi connectivity index (χ4n) is 2.62. The van der Waals surface area contributed by atoms with Crippen molar-refractivity contribution in [3.63, 3.8) is 0 Å². The lowest BCUT2D eigenvalue weighted by atomic mass is 9.86. The molecule has 0 aliphatic carbocycles. The van der Waals surface area contributed by atoms with Crippen LogP contribution in [0.4, 0.5) is 11.5 Å². The van der Waals surface area contributed by atoms with Crippen LogP contribution in [0.3, 0.4) is 0 Å². The van der Waals surface area contributed by atoms with Crippen molar-refractivity contribution < 1.29 is 9.90 Å². The van der Waals surface area contributed by atoms with Crippen LogP contribution in [0.25, 0.3) is 0 Å². The van der Waals surface area contributed by atoms with Gasteiger partial charge in [0, 0.05) is 18.4 Å². The summed E-state index contributed by atoms with van der Waals surface area (Å²) in [5.41, 5.74) is 3.85. The maximum Gasteiger partial charge on any atom is 0.337 e. The normalized spacial score (nSPS) is 11.4. The lowest BCUT2D eigenvalue weighted by Gasteiger charge is -2.28. The lowest BCUT2D eigenvalue weighted by Crippen LogP contribution is -2.21. The SMILES string of the molecule is CCCN(c1ccc(C(=O)O)cn1)c1cc(C(C)(C)C)ccc1C. The van der Waals surface area contributed by atoms with Gasteiger partial charge in [0.1, 0.15) is 5.82 Å². The average Bonchev–Trinajstić information content (AvgIpc) is 2.52. The average molecular weight is 326 g/mol. The number of pyridine rings is 1. The van der Waals surface area contributed by atoms with Crippen LogP contribution < -0.4 is 4.90 Å². The van der Waals surface area contributed by atoms with Crippen LogP contribution in [0.15, 0.2) is 36.5 Å². The van der Waals surface area contributed by atoms with Crippen LogP contribution in [-0.2, 0) is 5.41 Å². The van der Waals surface area contributed by atoms with Crippen molar-refractivity contribution in [3.05, 3.63) is 53.2 Å². The number of benzene rings is 1. The van der Waals surface area contributed by atoms with E-state index in [-0.39, 0.29) is 11.0 Å². The van der Waals surface area contributed by atoms with Gasteiger partial charge >= 0.3 is 5.97 Å². The number of anilines is 2. The zero-order valence-corrected chi connectivity index (χ0v) is 15.1. The Hall–Kier alpha value is -2.36. The first-order valence-electron chi connectivity index (χ1n) is 8.32. The van der Waals surface area contributed by atoms with Crippen molar-refractivity contribution in [1.82, 2.24) is 4.98 Å². The molecular formula is C20H26N2O2. The topological polar surface area (TPSA) is 53.4 Å². The second-order valence-electron chi connectivity index (χ2n) is 7.11. The Labute approximate surface area is 144 Å². The monoisotopic (exact) mass is 326 g/mol. The van der Waals surface area contributed by atoms with E-state index in [4.69, 9.17) is 5.11 Å². The summed E-state index contributed by atoms with van der Waals surface area (Å²) in [7, 11) is 0. The molecule has 0 saturated heterocycles. The van der Waals surface area contributed by atoms with E-state index in [1.807, 2.05) is 0 Å². The summed E-state index contributed by atoms with van der Waals surface area (Å²) >= 11 is 0. The van der Waals surface area contributed by atoms with Gasteiger partial charge in [-0.1, -0.05) is 39.8 Å². The first kappa shape index (κ1) is 18.0. The standard InChI is InChI=1S/C20H26N2O2/c1-6-11-22(18-10-8-15(13-21-18)19(23)24)17-12-16(20(3,4)5)9-7-14(17)2/h7-10,12-13H,6,11H2,1-5H3,(H,23,24). The number of rotatable bonds is 5. The molecule has 0 radical (unpaired) electrons. The van der Waals surface area contributed by atoms with Gasteiger partial charge < -0.3 is 10.0 Å². The molecule has 0 unspecified atom stereocenters. The Balaban J connectivity index is 2.49. The molecule has 2 aromatic rings. The zero-order valence-electron chi connectivity index (χ0n) is 15.1. The third-order valence-corrected chi connectivity index (χ3v) is 4.08. The van der Waals surface area contributed by atoms with Gasteiger partial charge in [-0.3, -0.25) is 0 Å². The molecule has 2 rings (SSSR count). The molecule has 24 heavy (non-hydrogen) atoms. The quantitative estimate of drug-likeness (QED) is 0.846. The van der Waals surface area contributed by atoms with Crippen molar-refractivity contribution in [2.45, 2.75) is 46.5 Å². The number of nitrogens with zero attached hydrogens (tertiary/aromatic N) is 2. The van der Waals surface area contributed by atoms with E-state index in [1.165, 1.54) is 17.3 Å². The third kappa shape index (κ3) is 3.94. The Morgan fingerprint density at radius 1 is 1.21 bits per heavy atom. The van der Waals surface area contributed by atoms with E-state index >= 15 is 0 Å². The van der Waals surface area contributed by atoms with E-state index in [0.29, 0.717) is 0 Å². The van der Waals surface area contributed by atoms with Crippen molar-refractivity contribution in [2.24, 2.45) is 0 Å². The first-order valence-corrected chi connectivity index (χ1v) is 8.32. The minimum Gasteiger partial charge on any atom is -0.478 e. The molecule has 0 aliphatic rings. The second kappa shape index (κ2) is 7.04. The molecule has 128 valence electrons. The molecule has 1 aromatic heterocycles. The molecule has 0 saturated carbocycles. The molecular weight excluding hydrogens is 300 g/mol. The highest BCUT2D eigenvalue weighted by Gasteiger charge is 2.18. The molecule has 4 nitrogen and oxygen atoms in total. The largest absolute Gasteiger partial charge is 0.478 e. The van der Waals surface area contributed by atoms with E-state index in [9.17, 15) is 4.79 Å². The maximum atomic E-state index is 11.0. The van der Waals surface area contributed by atoms with Crippen molar-refractivity contribution in [3.8, 4) is 0 Å². The minimum absolute atomic E-state index is 0.0704. The number of carboxylic acid groups (broad SMARTS) is 1. The van der Waals surface area contributed by atoms with Crippen LogP contribution in [0, 0.1) is 6.92 Å². The highest BCUT2D eigenvalue weighted by molar-refractivity contribution is 5.87. The van der Waals surface area contributed by atoms with Gasteiger partial charge in [0.05, 0.1) is 5.56 Å². The van der Waals surface area contributed by atoms with E-state index in [0.717, 1.165) is 24.5 Å². The van der Waals surface area contributed by atoms with Crippen molar-refractivity contribution in [1.29, 1.82) is 0 Å². The van der Waals surface area contributed by atoms with Gasteiger partial charge in [-0.15, -0.1) is 0 Å². The van der Waals surface area contributed by atoms with Gasteiger partial charge in [0.15, 0.2) is 0 Å². The number of hydrogen-bond donors (Lipinski definition) is 1. The number of aromatic carboxylic acids is 1. The maximum absolute atomic E-state index is 11.0. The predicted molar refractivity (Wildman–Crippen MR) is 98.4 cm³/mol. The van der Waals surface area contributed by atoms with Crippen LogP contribution in [0.1, 0.15) is 55.6 Å². The minimum atomic E-state index is -0.956. The van der Waals surface area contributed by atoms with Gasteiger partial charge in [-0.05, 0) is 48.1 Å². The van der Waals surface area contributed by atoms with Gasteiger partial charge in [-0.25, -0.2) is 9.78 Å². The summed E-state index contributed by atoms with van der Waals surface area (Å²) in [4.78, 5) is 17.6. The molecule has 1 aromatic carbocycles. The molecule has 0 amide bonds. The van der Waals surface area contributed by atoms with Crippen molar-refractivity contribution >= 4 is 17.5 Å². The molecule has 1 heterocycles. The Bertz CT molecular complexity index is 715. The molecule has 0 atom stereocenters. The third-order valence-electron chi connectivity index (χ3n) is 4.08. The molecule has 0 spiro atoms. The zero-order chi connectivity index (χ0) is 17.9. The predicted octanol–water partition coefficient (Wildman–Crippen LogP) is 4.93. The number of hydrogen-bond acceptors (Lipinski definition) is 3. The Kier molecular flexibility index (Phi) is 5.27. The van der Waals surface area contributed by atoms with Gasteiger partial charge in [0.25, 0.3) is 0 Å². The van der Waals surface area contributed by atoms with Crippen molar-refractivity contribution in [2.75, 3.05) is 11.4 Å².